The fourth-order valence-electron chi connectivity index (χ4n) is 0.979. The molecule has 3 nitrogen and oxygen atoms in total. The Balaban J connectivity index is 3.36. The lowest BCUT2D eigenvalue weighted by atomic mass is 10.1. The van der Waals surface area contributed by atoms with Crippen molar-refractivity contribution in [1.82, 2.24) is 5.32 Å². The predicted octanol–water partition coefficient (Wildman–Crippen LogP) is 1.76. The van der Waals surface area contributed by atoms with Crippen LogP contribution in [0.5, 0.6) is 0 Å². The van der Waals surface area contributed by atoms with Gasteiger partial charge in [0, 0.05) is 25.1 Å². The fraction of sp³-hybridized carbons (Fsp3) is 0.909. The molecule has 0 spiro atoms. The van der Waals surface area contributed by atoms with E-state index in [-0.39, 0.29) is 17.9 Å². The summed E-state index contributed by atoms with van der Waals surface area (Å²) in [6.45, 7) is 9.97. The fourth-order valence-corrected chi connectivity index (χ4v) is 0.979. The summed E-state index contributed by atoms with van der Waals surface area (Å²) in [5.41, 5.74) is 0.0879. The van der Waals surface area contributed by atoms with Crippen LogP contribution in [0.1, 0.15) is 40.5 Å². The zero-order valence-corrected chi connectivity index (χ0v) is 9.85. The van der Waals surface area contributed by atoms with E-state index in [1.807, 2.05) is 6.92 Å². The van der Waals surface area contributed by atoms with Crippen LogP contribution in [0.2, 0.25) is 0 Å². The Morgan fingerprint density at radius 2 is 2.00 bits per heavy atom. The highest BCUT2D eigenvalue weighted by Gasteiger charge is 2.09. The number of hydrogen-bond acceptors (Lipinski definition) is 3. The van der Waals surface area contributed by atoms with Crippen molar-refractivity contribution in [2.75, 3.05) is 19.8 Å². The van der Waals surface area contributed by atoms with Crippen molar-refractivity contribution < 1.29 is 9.53 Å². The highest BCUT2D eigenvalue weighted by molar-refractivity contribution is 5.79. The van der Waals surface area contributed by atoms with E-state index in [0.29, 0.717) is 13.0 Å². The zero-order chi connectivity index (χ0) is 11.0. The first kappa shape index (κ1) is 13.6. The summed E-state index contributed by atoms with van der Waals surface area (Å²) in [4.78, 5) is 11.2. The summed E-state index contributed by atoms with van der Waals surface area (Å²) < 4.78 is 5.15. The van der Waals surface area contributed by atoms with Gasteiger partial charge in [-0.1, -0.05) is 6.92 Å². The van der Waals surface area contributed by atoms with Gasteiger partial charge in [-0.3, -0.25) is 4.79 Å². The molecule has 0 radical (unpaired) electrons. The second-order valence-corrected chi connectivity index (χ2v) is 4.52. The Bertz CT molecular complexity index is 161. The molecule has 0 atom stereocenters. The molecule has 0 heterocycles. The molecule has 0 fully saturated rings. The Hall–Kier alpha value is -0.410. The number of rotatable bonds is 7. The monoisotopic (exact) mass is 201 g/mol. The molecule has 0 aromatic carbocycles. The molecule has 0 aliphatic heterocycles. The van der Waals surface area contributed by atoms with Crippen LogP contribution in [0.15, 0.2) is 0 Å². The van der Waals surface area contributed by atoms with Crippen molar-refractivity contribution >= 4 is 5.78 Å². The first-order valence-corrected chi connectivity index (χ1v) is 5.30. The highest BCUT2D eigenvalue weighted by Crippen LogP contribution is 1.98. The van der Waals surface area contributed by atoms with E-state index >= 15 is 0 Å². The summed E-state index contributed by atoms with van der Waals surface area (Å²) >= 11 is 0. The smallest absolute Gasteiger partial charge is 0.159 e. The minimum atomic E-state index is 0.0879. The van der Waals surface area contributed by atoms with E-state index in [1.54, 1.807) is 0 Å². The lowest BCUT2D eigenvalue weighted by molar-refractivity contribution is -0.123. The number of Topliss-reactive ketones (excluding diaryl/α,β-unsaturated/α-hetero) is 1. The van der Waals surface area contributed by atoms with Gasteiger partial charge < -0.3 is 10.1 Å². The van der Waals surface area contributed by atoms with Gasteiger partial charge in [0.1, 0.15) is 6.61 Å². The molecular formula is C11H23NO2. The minimum absolute atomic E-state index is 0.0879. The molecule has 1 N–H and O–H groups in total. The number of nitrogens with one attached hydrogen (secondary N) is 1. The molecule has 0 unspecified atom stereocenters. The van der Waals surface area contributed by atoms with Gasteiger partial charge in [-0.05, 0) is 27.2 Å². The number of carbonyl (C=O) groups excluding carboxylic acids is 1. The van der Waals surface area contributed by atoms with Crippen LogP contribution in [0.3, 0.4) is 0 Å². The van der Waals surface area contributed by atoms with Gasteiger partial charge in [-0.25, -0.2) is 0 Å². The second kappa shape index (κ2) is 6.96. The summed E-state index contributed by atoms with van der Waals surface area (Å²) in [5, 5.41) is 3.27. The molecule has 0 saturated heterocycles. The number of hydrogen-bond donors (Lipinski definition) is 1. The summed E-state index contributed by atoms with van der Waals surface area (Å²) in [5.74, 6) is 0.176. The predicted molar refractivity (Wildman–Crippen MR) is 58.5 cm³/mol. The Kier molecular flexibility index (Phi) is 6.75. The average molecular weight is 201 g/mol. The molecule has 0 amide bonds. The van der Waals surface area contributed by atoms with Gasteiger partial charge in [0.15, 0.2) is 5.78 Å². The van der Waals surface area contributed by atoms with Gasteiger partial charge in [0.25, 0.3) is 0 Å². The summed E-state index contributed by atoms with van der Waals surface area (Å²) in [6, 6.07) is 0. The second-order valence-electron chi connectivity index (χ2n) is 4.52. The summed E-state index contributed by atoms with van der Waals surface area (Å²) in [7, 11) is 0. The van der Waals surface area contributed by atoms with Crippen LogP contribution in [0.25, 0.3) is 0 Å². The molecule has 0 bridgehead atoms. The maximum Gasteiger partial charge on any atom is 0.159 e. The van der Waals surface area contributed by atoms with Crippen LogP contribution < -0.4 is 5.32 Å². The van der Waals surface area contributed by atoms with Crippen molar-refractivity contribution in [3.63, 3.8) is 0 Å². The van der Waals surface area contributed by atoms with Crippen LogP contribution in [-0.4, -0.2) is 31.1 Å². The number of ketones is 1. The molecular weight excluding hydrogens is 178 g/mol. The van der Waals surface area contributed by atoms with Gasteiger partial charge in [0.2, 0.25) is 0 Å². The van der Waals surface area contributed by atoms with E-state index in [0.717, 1.165) is 13.0 Å². The molecule has 0 aliphatic rings. The molecule has 0 aliphatic carbocycles. The maximum absolute atomic E-state index is 11.2. The van der Waals surface area contributed by atoms with Crippen LogP contribution >= 0.6 is 0 Å². The lowest BCUT2D eigenvalue weighted by Crippen LogP contribution is -2.37. The van der Waals surface area contributed by atoms with E-state index in [4.69, 9.17) is 4.74 Å². The molecule has 14 heavy (non-hydrogen) atoms. The molecule has 84 valence electrons. The first-order valence-electron chi connectivity index (χ1n) is 5.30. The normalized spacial score (nSPS) is 11.7. The Morgan fingerprint density at radius 1 is 1.36 bits per heavy atom. The van der Waals surface area contributed by atoms with E-state index in [1.165, 1.54) is 0 Å². The maximum atomic E-state index is 11.2. The van der Waals surface area contributed by atoms with Crippen molar-refractivity contribution in [3.8, 4) is 0 Å². The van der Waals surface area contributed by atoms with Crippen molar-refractivity contribution in [1.29, 1.82) is 0 Å². The lowest BCUT2D eigenvalue weighted by Gasteiger charge is -2.19. The molecule has 0 aromatic heterocycles. The van der Waals surface area contributed by atoms with Crippen LogP contribution in [0, 0.1) is 0 Å². The highest BCUT2D eigenvalue weighted by atomic mass is 16.5. The van der Waals surface area contributed by atoms with E-state index in [2.05, 4.69) is 26.1 Å². The van der Waals surface area contributed by atoms with Gasteiger partial charge >= 0.3 is 0 Å². The van der Waals surface area contributed by atoms with Crippen LogP contribution in [0.4, 0.5) is 0 Å². The minimum Gasteiger partial charge on any atom is -0.374 e. The van der Waals surface area contributed by atoms with Gasteiger partial charge in [0.05, 0.1) is 0 Å². The number of ether oxygens (including phenoxy) is 1. The van der Waals surface area contributed by atoms with Gasteiger partial charge in [-0.15, -0.1) is 0 Å². The quantitative estimate of drug-likeness (QED) is 0.638. The average Bonchev–Trinajstić information content (AvgIpc) is 2.02. The SMILES string of the molecule is CCCOCC(=O)CCNC(C)(C)C. The summed E-state index contributed by atoms with van der Waals surface area (Å²) in [6.07, 6.45) is 1.52. The number of carbonyl (C=O) groups is 1. The van der Waals surface area contributed by atoms with E-state index in [9.17, 15) is 4.79 Å². The Morgan fingerprint density at radius 3 is 2.50 bits per heavy atom. The third-order valence-electron chi connectivity index (χ3n) is 1.67. The van der Waals surface area contributed by atoms with Crippen molar-refractivity contribution in [3.05, 3.63) is 0 Å². The molecule has 3 heteroatoms. The zero-order valence-electron chi connectivity index (χ0n) is 9.85. The third kappa shape index (κ3) is 9.68. The third-order valence-corrected chi connectivity index (χ3v) is 1.67. The van der Waals surface area contributed by atoms with Gasteiger partial charge in [-0.2, -0.15) is 0 Å². The molecule has 0 rings (SSSR count). The van der Waals surface area contributed by atoms with Crippen LogP contribution in [-0.2, 0) is 9.53 Å². The standard InChI is InChI=1S/C11H23NO2/c1-5-8-14-9-10(13)6-7-12-11(2,3)4/h12H,5-9H2,1-4H3. The molecule has 0 saturated carbocycles. The van der Waals surface area contributed by atoms with Crippen molar-refractivity contribution in [2.45, 2.75) is 46.1 Å². The topological polar surface area (TPSA) is 38.3 Å². The van der Waals surface area contributed by atoms with Crippen molar-refractivity contribution in [2.24, 2.45) is 0 Å². The van der Waals surface area contributed by atoms with E-state index < -0.39 is 0 Å². The largest absolute Gasteiger partial charge is 0.374 e. The molecule has 0 aromatic rings. The Labute approximate surface area is 87.2 Å². The first-order chi connectivity index (χ1) is 6.45.